The van der Waals surface area contributed by atoms with Crippen molar-refractivity contribution in [2.75, 3.05) is 26.3 Å². The molecule has 19 heavy (non-hydrogen) atoms. The van der Waals surface area contributed by atoms with Gasteiger partial charge in [-0.2, -0.15) is 0 Å². The fraction of sp³-hybridized carbons (Fsp3) is 0.933. The minimum absolute atomic E-state index is 0.0518. The lowest BCUT2D eigenvalue weighted by atomic mass is 9.70. The van der Waals surface area contributed by atoms with E-state index in [1.165, 1.54) is 0 Å². The fourth-order valence-corrected chi connectivity index (χ4v) is 3.30. The highest BCUT2D eigenvalue weighted by molar-refractivity contribution is 5.75. The standard InChI is InChI=1S/C15H27NO3/c1-12-4-6-15(7-5-12,13(17)18)10-16-8-9-19-11-14(16,2)3/h12H,4-11H2,1-3H3,(H,17,18). The Morgan fingerprint density at radius 2 is 2.00 bits per heavy atom. The van der Waals surface area contributed by atoms with E-state index in [1.54, 1.807) is 0 Å². The molecule has 0 atom stereocenters. The number of hydrogen-bond acceptors (Lipinski definition) is 3. The second-order valence-electron chi connectivity index (χ2n) is 7.05. The van der Waals surface area contributed by atoms with Crippen LogP contribution >= 0.6 is 0 Å². The molecule has 2 rings (SSSR count). The van der Waals surface area contributed by atoms with Crippen LogP contribution in [0.4, 0.5) is 0 Å². The molecule has 1 aliphatic heterocycles. The highest BCUT2D eigenvalue weighted by atomic mass is 16.5. The van der Waals surface area contributed by atoms with Crippen LogP contribution in [0.5, 0.6) is 0 Å². The maximum atomic E-state index is 11.8. The number of carbonyl (C=O) groups is 1. The molecule has 0 amide bonds. The maximum absolute atomic E-state index is 11.8. The lowest BCUT2D eigenvalue weighted by Gasteiger charge is -2.47. The number of carboxylic acid groups (broad SMARTS) is 1. The van der Waals surface area contributed by atoms with Crippen LogP contribution in [0.2, 0.25) is 0 Å². The SMILES string of the molecule is CC1CCC(CN2CCOCC2(C)C)(C(=O)O)CC1. The molecule has 110 valence electrons. The minimum atomic E-state index is -0.610. The molecule has 0 aromatic rings. The number of hydrogen-bond donors (Lipinski definition) is 1. The van der Waals surface area contributed by atoms with Gasteiger partial charge in [0.2, 0.25) is 0 Å². The summed E-state index contributed by atoms with van der Waals surface area (Å²) in [5.74, 6) is 0.0619. The second kappa shape index (κ2) is 5.41. The van der Waals surface area contributed by atoms with Gasteiger partial charge in [-0.25, -0.2) is 0 Å². The Morgan fingerprint density at radius 1 is 1.37 bits per heavy atom. The van der Waals surface area contributed by atoms with E-state index in [2.05, 4.69) is 25.7 Å². The third-order valence-corrected chi connectivity index (χ3v) is 5.00. The molecule has 2 fully saturated rings. The molecule has 1 saturated heterocycles. The Labute approximate surface area is 116 Å². The number of ether oxygens (including phenoxy) is 1. The zero-order chi connectivity index (χ0) is 14.1. The van der Waals surface area contributed by atoms with Crippen molar-refractivity contribution in [3.05, 3.63) is 0 Å². The summed E-state index contributed by atoms with van der Waals surface area (Å²) in [5.41, 5.74) is -0.592. The van der Waals surface area contributed by atoms with Gasteiger partial charge in [-0.15, -0.1) is 0 Å². The molecule has 0 radical (unpaired) electrons. The second-order valence-corrected chi connectivity index (χ2v) is 7.05. The Kier molecular flexibility index (Phi) is 4.21. The van der Waals surface area contributed by atoms with Gasteiger partial charge in [-0.05, 0) is 45.4 Å². The van der Waals surface area contributed by atoms with Gasteiger partial charge in [0.15, 0.2) is 0 Å². The van der Waals surface area contributed by atoms with Gasteiger partial charge in [0.05, 0.1) is 18.6 Å². The average molecular weight is 269 g/mol. The number of carboxylic acids is 1. The number of rotatable bonds is 3. The van der Waals surface area contributed by atoms with Crippen molar-refractivity contribution in [1.29, 1.82) is 0 Å². The van der Waals surface area contributed by atoms with Crippen molar-refractivity contribution in [2.45, 2.75) is 52.0 Å². The first kappa shape index (κ1) is 14.8. The molecular formula is C15H27NO3. The highest BCUT2D eigenvalue weighted by Gasteiger charge is 2.45. The molecule has 1 saturated carbocycles. The molecule has 0 bridgehead atoms. The monoisotopic (exact) mass is 269 g/mol. The summed E-state index contributed by atoms with van der Waals surface area (Å²) in [6.45, 7) is 9.45. The molecule has 0 aromatic carbocycles. The summed E-state index contributed by atoms with van der Waals surface area (Å²) in [7, 11) is 0. The van der Waals surface area contributed by atoms with E-state index in [9.17, 15) is 9.90 Å². The van der Waals surface area contributed by atoms with E-state index in [4.69, 9.17) is 4.74 Å². The van der Waals surface area contributed by atoms with Crippen LogP contribution in [0.3, 0.4) is 0 Å². The quantitative estimate of drug-likeness (QED) is 0.854. The van der Waals surface area contributed by atoms with Crippen LogP contribution in [-0.2, 0) is 9.53 Å². The Morgan fingerprint density at radius 3 is 2.53 bits per heavy atom. The molecule has 4 heteroatoms. The molecular weight excluding hydrogens is 242 g/mol. The van der Waals surface area contributed by atoms with E-state index in [1.807, 2.05) is 0 Å². The third kappa shape index (κ3) is 3.11. The minimum Gasteiger partial charge on any atom is -0.481 e. The summed E-state index contributed by atoms with van der Waals surface area (Å²) in [6, 6.07) is 0. The molecule has 1 heterocycles. The summed E-state index contributed by atoms with van der Waals surface area (Å²) >= 11 is 0. The molecule has 2 aliphatic rings. The van der Waals surface area contributed by atoms with Crippen LogP contribution < -0.4 is 0 Å². The topological polar surface area (TPSA) is 49.8 Å². The fourth-order valence-electron chi connectivity index (χ4n) is 3.30. The van der Waals surface area contributed by atoms with Crippen molar-refractivity contribution in [1.82, 2.24) is 4.90 Å². The molecule has 1 aliphatic carbocycles. The van der Waals surface area contributed by atoms with Crippen LogP contribution in [0.1, 0.15) is 46.5 Å². The van der Waals surface area contributed by atoms with Gasteiger partial charge in [0.25, 0.3) is 0 Å². The Bertz CT molecular complexity index is 332. The largest absolute Gasteiger partial charge is 0.481 e. The smallest absolute Gasteiger partial charge is 0.310 e. The summed E-state index contributed by atoms with van der Waals surface area (Å²) in [4.78, 5) is 14.1. The Balaban J connectivity index is 2.10. The van der Waals surface area contributed by atoms with E-state index < -0.39 is 11.4 Å². The number of aliphatic carboxylic acids is 1. The van der Waals surface area contributed by atoms with Gasteiger partial charge in [0.1, 0.15) is 0 Å². The average Bonchev–Trinajstić information content (AvgIpc) is 2.34. The summed E-state index contributed by atoms with van der Waals surface area (Å²) < 4.78 is 5.53. The van der Waals surface area contributed by atoms with Crippen LogP contribution in [0, 0.1) is 11.3 Å². The molecule has 0 spiro atoms. The van der Waals surface area contributed by atoms with Gasteiger partial charge >= 0.3 is 5.97 Å². The van der Waals surface area contributed by atoms with Crippen LogP contribution in [0.15, 0.2) is 0 Å². The van der Waals surface area contributed by atoms with Crippen LogP contribution in [-0.4, -0.2) is 47.8 Å². The van der Waals surface area contributed by atoms with Gasteiger partial charge in [0, 0.05) is 18.6 Å². The molecule has 4 nitrogen and oxygen atoms in total. The van der Waals surface area contributed by atoms with Crippen LogP contribution in [0.25, 0.3) is 0 Å². The lowest BCUT2D eigenvalue weighted by Crippen LogP contribution is -2.58. The normalized spacial score (nSPS) is 36.1. The van der Waals surface area contributed by atoms with Crippen molar-refractivity contribution in [2.24, 2.45) is 11.3 Å². The maximum Gasteiger partial charge on any atom is 0.310 e. The van der Waals surface area contributed by atoms with E-state index in [0.29, 0.717) is 19.1 Å². The molecule has 0 unspecified atom stereocenters. The number of nitrogens with zero attached hydrogens (tertiary/aromatic N) is 1. The predicted octanol–water partition coefficient (Wildman–Crippen LogP) is 2.38. The van der Waals surface area contributed by atoms with Crippen molar-refractivity contribution in [3.8, 4) is 0 Å². The van der Waals surface area contributed by atoms with E-state index >= 15 is 0 Å². The van der Waals surface area contributed by atoms with E-state index in [0.717, 1.165) is 38.8 Å². The first-order chi connectivity index (χ1) is 8.86. The zero-order valence-electron chi connectivity index (χ0n) is 12.4. The number of morpholine rings is 1. The predicted molar refractivity (Wildman–Crippen MR) is 74.2 cm³/mol. The van der Waals surface area contributed by atoms with Crippen molar-refractivity contribution < 1.29 is 14.6 Å². The highest BCUT2D eigenvalue weighted by Crippen LogP contribution is 2.41. The summed E-state index contributed by atoms with van der Waals surface area (Å²) in [5, 5.41) is 9.72. The molecule has 1 N–H and O–H groups in total. The van der Waals surface area contributed by atoms with Gasteiger partial charge in [-0.1, -0.05) is 6.92 Å². The van der Waals surface area contributed by atoms with Gasteiger partial charge in [-0.3, -0.25) is 9.69 Å². The van der Waals surface area contributed by atoms with Crippen molar-refractivity contribution in [3.63, 3.8) is 0 Å². The van der Waals surface area contributed by atoms with Crippen molar-refractivity contribution >= 4 is 5.97 Å². The zero-order valence-corrected chi connectivity index (χ0v) is 12.4. The van der Waals surface area contributed by atoms with Gasteiger partial charge < -0.3 is 9.84 Å². The van der Waals surface area contributed by atoms with E-state index in [-0.39, 0.29) is 5.54 Å². The first-order valence-corrected chi connectivity index (χ1v) is 7.42. The molecule has 0 aromatic heterocycles. The first-order valence-electron chi connectivity index (χ1n) is 7.42. The summed E-state index contributed by atoms with van der Waals surface area (Å²) in [6.07, 6.45) is 3.71. The third-order valence-electron chi connectivity index (χ3n) is 5.00. The lowest BCUT2D eigenvalue weighted by molar-refractivity contribution is -0.157. The Hall–Kier alpha value is -0.610.